The van der Waals surface area contributed by atoms with E-state index in [1.54, 1.807) is 0 Å². The van der Waals surface area contributed by atoms with E-state index < -0.39 is 217 Å². The van der Waals surface area contributed by atoms with Crippen molar-refractivity contribution in [2.24, 2.45) is 0 Å². The lowest BCUT2D eigenvalue weighted by Crippen LogP contribution is -2.68. The lowest BCUT2D eigenvalue weighted by molar-refractivity contribution is -0.386. The van der Waals surface area contributed by atoms with Crippen LogP contribution in [0.2, 0.25) is 0 Å². The second-order valence-corrected chi connectivity index (χ2v) is 17.4. The van der Waals surface area contributed by atoms with Gasteiger partial charge in [-0.15, -0.1) is 0 Å². The maximum Gasteiger partial charge on any atom is 0.217 e. The van der Waals surface area contributed by atoms with Crippen LogP contribution in [0.25, 0.3) is 0 Å². The minimum atomic E-state index is -1.89. The summed E-state index contributed by atoms with van der Waals surface area (Å²) in [7, 11) is 0. The Bertz CT molecular complexity index is 1580. The smallest absolute Gasteiger partial charge is 0.217 e. The Morgan fingerprint density at radius 2 is 0.681 bits per heavy atom. The number of aliphatic hydroxyl groups excluding tert-OH is 19. The molecule has 0 aliphatic carbocycles. The van der Waals surface area contributed by atoms with Crippen LogP contribution in [0.4, 0.5) is 0 Å². The summed E-state index contributed by atoms with van der Waals surface area (Å²) in [5, 5.41) is 194. The van der Waals surface area contributed by atoms with Crippen molar-refractivity contribution in [3.8, 4) is 0 Å². The first-order valence-corrected chi connectivity index (χ1v) is 21.9. The summed E-state index contributed by atoms with van der Waals surface area (Å²) < 4.78 is 54.1. The van der Waals surface area contributed by atoms with Crippen molar-refractivity contribution in [2.45, 2.75) is 205 Å². The van der Waals surface area contributed by atoms with Crippen molar-refractivity contribution < 1.29 is 149 Å². The summed E-state index contributed by atoms with van der Waals surface area (Å²) in [5.41, 5.74) is 0. The van der Waals surface area contributed by atoms with Crippen LogP contribution in [0.15, 0.2) is 0 Å². The van der Waals surface area contributed by atoms with Crippen LogP contribution >= 0.6 is 0 Å². The van der Waals surface area contributed by atoms with Gasteiger partial charge in [-0.25, -0.2) is 0 Å². The quantitative estimate of drug-likeness (QED) is 0.0814. The molecule has 20 N–H and O–H groups in total. The fourth-order valence-corrected chi connectivity index (χ4v) is 8.36. The number of aliphatic hydroxyl groups is 19. The Hall–Kier alpha value is -1.69. The number of amides is 1. The summed E-state index contributed by atoms with van der Waals surface area (Å²) in [6.07, 6.45) is -46.3. The van der Waals surface area contributed by atoms with Crippen molar-refractivity contribution in [3.63, 3.8) is 0 Å². The largest absolute Gasteiger partial charge is 0.394 e. The highest BCUT2D eigenvalue weighted by Crippen LogP contribution is 2.35. The topological polar surface area (TPSA) is 506 Å². The van der Waals surface area contributed by atoms with Gasteiger partial charge in [-0.05, 0) is 13.8 Å². The number of ether oxygens (including phenoxy) is 10. The number of carbonyl (C=O) groups excluding carboxylic acids is 1. The molecule has 6 heterocycles. The molecule has 30 atom stereocenters. The summed E-state index contributed by atoms with van der Waals surface area (Å²) in [6, 6.07) is -1.41. The van der Waals surface area contributed by atoms with Gasteiger partial charge >= 0.3 is 0 Å². The molecular weight excluding hydrogens is 950 g/mol. The molecule has 404 valence electrons. The maximum absolute atomic E-state index is 11.7. The number of hydrogen-bond acceptors (Lipinski definition) is 30. The maximum atomic E-state index is 11.7. The van der Waals surface area contributed by atoms with Crippen LogP contribution in [-0.4, -0.2) is 314 Å². The third-order valence-electron chi connectivity index (χ3n) is 12.5. The molecule has 31 nitrogen and oxygen atoms in total. The molecule has 0 saturated carbocycles. The molecule has 6 aliphatic rings. The third-order valence-corrected chi connectivity index (χ3v) is 12.5. The lowest BCUT2D eigenvalue weighted by Gasteiger charge is -2.48. The van der Waals surface area contributed by atoms with Crippen LogP contribution in [0.3, 0.4) is 0 Å². The van der Waals surface area contributed by atoms with E-state index in [0.29, 0.717) is 0 Å². The second kappa shape index (κ2) is 25.0. The monoisotopic (exact) mass is 1020 g/mol. The van der Waals surface area contributed by atoms with E-state index in [4.69, 9.17) is 47.4 Å². The lowest BCUT2D eigenvalue weighted by atomic mass is 9.95. The molecule has 6 rings (SSSR count). The van der Waals surface area contributed by atoms with Crippen molar-refractivity contribution in [2.75, 3.05) is 26.4 Å². The first-order valence-electron chi connectivity index (χ1n) is 21.9. The van der Waals surface area contributed by atoms with Gasteiger partial charge in [0.1, 0.15) is 134 Å². The molecule has 0 aromatic rings. The Morgan fingerprint density at radius 1 is 0.377 bits per heavy atom. The van der Waals surface area contributed by atoms with Gasteiger partial charge in [-0.3, -0.25) is 4.79 Å². The fraction of sp³-hybridized carbons (Fsp3) is 0.974. The average molecular weight is 1020 g/mol. The predicted molar refractivity (Wildman–Crippen MR) is 211 cm³/mol. The zero-order valence-electron chi connectivity index (χ0n) is 37.1. The van der Waals surface area contributed by atoms with Gasteiger partial charge in [0, 0.05) is 6.92 Å². The van der Waals surface area contributed by atoms with Gasteiger partial charge in [0.25, 0.3) is 0 Å². The van der Waals surface area contributed by atoms with Gasteiger partial charge in [0.2, 0.25) is 5.91 Å². The zero-order chi connectivity index (χ0) is 51.5. The van der Waals surface area contributed by atoms with E-state index in [1.165, 1.54) is 13.8 Å². The zero-order valence-corrected chi connectivity index (χ0v) is 37.1. The average Bonchev–Trinajstić information content (AvgIpc) is 3.32. The molecule has 0 radical (unpaired) electrons. The predicted octanol–water partition coefficient (Wildman–Crippen LogP) is -12.9. The van der Waals surface area contributed by atoms with E-state index in [0.717, 1.165) is 6.92 Å². The standard InChI is InChI=1S/C20H35NO15.C18H32O15/c1-5-10(25)14(29)15(30)20(32-5)36-17-16(12(27)8(4-23)33-18(17)31)35-19-9(21-6(2)24)13(28)11(26)7(3-22)34-19;1-4-7(21)10(24)12(26)17(29-4)33-15-14(9(23)6(3-20)30-16(15)28)32-18-13(27)11(25)8(22)5(2-19)31-18/h5,7-20,22-23,25-31H,3-4H2,1-2H3,(H,21,24);4-28H,2-3H2,1H3/t5-,7+,8+,9+,10+,11-,12-,13+,14+,15-,16-,17+,18?,19+,20-;4-,5+,6+,7+,8-,9-,10+,11-,12-,13+,14-,15+,16?,17-,18+/m00/s1. The first-order chi connectivity index (χ1) is 32.4. The van der Waals surface area contributed by atoms with Crippen molar-refractivity contribution >= 4 is 5.91 Å². The molecule has 6 fully saturated rings. The van der Waals surface area contributed by atoms with Crippen LogP contribution in [0, 0.1) is 0 Å². The molecule has 69 heavy (non-hydrogen) atoms. The van der Waals surface area contributed by atoms with Gasteiger partial charge < -0.3 is 150 Å². The van der Waals surface area contributed by atoms with E-state index in [1.807, 2.05) is 0 Å². The summed E-state index contributed by atoms with van der Waals surface area (Å²) in [5.74, 6) is -0.639. The normalized spacial score (nSPS) is 51.8. The highest BCUT2D eigenvalue weighted by atomic mass is 16.8. The van der Waals surface area contributed by atoms with E-state index >= 15 is 0 Å². The van der Waals surface area contributed by atoms with E-state index in [9.17, 15) is 102 Å². The van der Waals surface area contributed by atoms with E-state index in [-0.39, 0.29) is 0 Å². The molecule has 6 aliphatic heterocycles. The van der Waals surface area contributed by atoms with Crippen molar-refractivity contribution in [1.82, 2.24) is 5.32 Å². The number of rotatable bonds is 13. The van der Waals surface area contributed by atoms with Crippen molar-refractivity contribution in [3.05, 3.63) is 0 Å². The molecule has 0 spiro atoms. The summed E-state index contributed by atoms with van der Waals surface area (Å²) in [6.45, 7) is 0.886. The number of nitrogens with one attached hydrogen (secondary N) is 1. The molecule has 0 aromatic carbocycles. The van der Waals surface area contributed by atoms with Crippen LogP contribution in [-0.2, 0) is 52.2 Å². The highest BCUT2D eigenvalue weighted by molar-refractivity contribution is 5.73. The second-order valence-electron chi connectivity index (χ2n) is 17.4. The van der Waals surface area contributed by atoms with Crippen molar-refractivity contribution in [1.29, 1.82) is 0 Å². The van der Waals surface area contributed by atoms with Gasteiger partial charge in [0.15, 0.2) is 37.7 Å². The Morgan fingerprint density at radius 3 is 1.06 bits per heavy atom. The van der Waals surface area contributed by atoms with Crippen LogP contribution in [0.1, 0.15) is 20.8 Å². The van der Waals surface area contributed by atoms with Gasteiger partial charge in [-0.2, -0.15) is 0 Å². The Labute approximate surface area is 391 Å². The molecule has 0 bridgehead atoms. The first kappa shape index (κ1) is 58.2. The fourth-order valence-electron chi connectivity index (χ4n) is 8.36. The Balaban J connectivity index is 0.000000258. The van der Waals surface area contributed by atoms with Crippen LogP contribution < -0.4 is 5.32 Å². The number of carbonyl (C=O) groups is 1. The summed E-state index contributed by atoms with van der Waals surface area (Å²) in [4.78, 5) is 11.7. The minimum Gasteiger partial charge on any atom is -0.394 e. The van der Waals surface area contributed by atoms with Crippen LogP contribution in [0.5, 0.6) is 0 Å². The third kappa shape index (κ3) is 12.8. The number of hydrogen-bond donors (Lipinski definition) is 20. The molecule has 0 aromatic heterocycles. The SMILES string of the molecule is CC(=O)N[C@H]1[C@@H](O[C@H]2[C@@H](O)[C@@H](CO)OC(O)[C@@H]2O[C@@H]2O[C@@H](C)[C@@H](O)[C@@H](O)[C@@H]2O)O[C@H](CO)[C@H](O)[C@@H]1O.C[C@@H]1O[C@@H](O[C@H]2C(O)O[C@H](CO)[C@H](O)[C@@H]2O[C@H]2O[C@H](CO)[C@H](O)[C@H](O)[C@H]2O)[C@@H](O)[C@H](O)[C@@H]1O. The summed E-state index contributed by atoms with van der Waals surface area (Å²) >= 11 is 0. The van der Waals surface area contributed by atoms with E-state index in [2.05, 4.69) is 5.32 Å². The Kier molecular flexibility index (Phi) is 21.1. The molecule has 1 amide bonds. The highest BCUT2D eigenvalue weighted by Gasteiger charge is 2.56. The molecule has 6 saturated heterocycles. The molecular formula is C38H67NO30. The van der Waals surface area contributed by atoms with Gasteiger partial charge in [0.05, 0.1) is 38.6 Å². The van der Waals surface area contributed by atoms with Gasteiger partial charge in [-0.1, -0.05) is 0 Å². The molecule has 31 heteroatoms. The minimum absolute atomic E-state index is 0.639. The molecule has 2 unspecified atom stereocenters.